The average molecular weight is 628 g/mol. The van der Waals surface area contributed by atoms with Gasteiger partial charge >= 0.3 is 6.09 Å². The Morgan fingerprint density at radius 3 is 2.53 bits per heavy atom. The predicted octanol–water partition coefficient (Wildman–Crippen LogP) is 5.52. The first-order valence-corrected chi connectivity index (χ1v) is 16.1. The van der Waals surface area contributed by atoms with E-state index in [0.29, 0.717) is 30.9 Å². The SMILES string of the molecule is CCN(C(=O)c1cc(F)ccc1Oc1nncnc1N1CCC2(C1)CN([C@@H](CCCNC(=O)OC(C)(C)C)C(C)C)C2)C(C)C. The van der Waals surface area contributed by atoms with Crippen molar-refractivity contribution >= 4 is 17.8 Å². The summed E-state index contributed by atoms with van der Waals surface area (Å²) in [4.78, 5) is 36.3. The number of ether oxygens (including phenoxy) is 2. The third kappa shape index (κ3) is 8.59. The van der Waals surface area contributed by atoms with E-state index in [0.717, 1.165) is 45.4 Å². The topological polar surface area (TPSA) is 113 Å². The molecule has 0 aliphatic carbocycles. The van der Waals surface area contributed by atoms with Crippen molar-refractivity contribution in [2.45, 2.75) is 92.3 Å². The summed E-state index contributed by atoms with van der Waals surface area (Å²) in [5.74, 6) is 0.631. The number of aromatic nitrogens is 3. The first kappa shape index (κ1) is 34.3. The van der Waals surface area contributed by atoms with Crippen LogP contribution in [0.4, 0.5) is 15.0 Å². The number of hydrogen-bond donors (Lipinski definition) is 1. The summed E-state index contributed by atoms with van der Waals surface area (Å²) in [7, 11) is 0. The Bertz CT molecular complexity index is 1330. The van der Waals surface area contributed by atoms with Gasteiger partial charge in [-0.1, -0.05) is 13.8 Å². The van der Waals surface area contributed by atoms with Crippen LogP contribution in [0.2, 0.25) is 0 Å². The minimum atomic E-state index is -0.516. The monoisotopic (exact) mass is 627 g/mol. The lowest BCUT2D eigenvalue weighted by atomic mass is 9.76. The van der Waals surface area contributed by atoms with Crippen molar-refractivity contribution in [3.8, 4) is 11.6 Å². The molecule has 0 unspecified atom stereocenters. The van der Waals surface area contributed by atoms with Crippen LogP contribution in [-0.4, -0.2) is 93.9 Å². The summed E-state index contributed by atoms with van der Waals surface area (Å²) in [5, 5.41) is 11.1. The number of nitrogens with one attached hydrogen (secondary N) is 1. The highest BCUT2D eigenvalue weighted by atomic mass is 19.1. The number of alkyl carbamates (subject to hydrolysis) is 1. The van der Waals surface area contributed by atoms with Gasteiger partial charge in [-0.15, -0.1) is 10.2 Å². The smallest absolute Gasteiger partial charge is 0.407 e. The molecule has 0 saturated carbocycles. The second kappa shape index (κ2) is 14.3. The van der Waals surface area contributed by atoms with E-state index >= 15 is 0 Å². The fourth-order valence-corrected chi connectivity index (χ4v) is 6.48. The molecular formula is C33H50FN7O4. The van der Waals surface area contributed by atoms with E-state index < -0.39 is 11.4 Å². The number of benzene rings is 1. The molecule has 2 amide bonds. The Labute approximate surface area is 266 Å². The number of carbonyl (C=O) groups excluding carboxylic acids is 2. The standard InChI is InChI=1S/C33H50FN7O4/c1-9-41(23(4)5)30(42)25-17-24(34)12-13-27(25)44-29-28(36-21-37-38-29)39-16-14-33(18-39)19-40(20-33)26(22(2)3)11-10-15-35-31(43)45-32(6,7)8/h12-13,17,21-23,26H,9-11,14-16,18-20H2,1-8H3,(H,35,43)/t26-/m0/s1. The van der Waals surface area contributed by atoms with Gasteiger partial charge in [0.05, 0.1) is 5.56 Å². The highest BCUT2D eigenvalue weighted by Gasteiger charge is 2.50. The zero-order chi connectivity index (χ0) is 32.9. The van der Waals surface area contributed by atoms with E-state index in [1.54, 1.807) is 4.90 Å². The highest BCUT2D eigenvalue weighted by Crippen LogP contribution is 2.44. The quantitative estimate of drug-likeness (QED) is 0.304. The van der Waals surface area contributed by atoms with Crippen LogP contribution < -0.4 is 15.0 Å². The van der Waals surface area contributed by atoms with Crippen LogP contribution in [0.25, 0.3) is 0 Å². The Balaban J connectivity index is 1.39. The van der Waals surface area contributed by atoms with Gasteiger partial charge in [0.15, 0.2) is 5.82 Å². The van der Waals surface area contributed by atoms with E-state index in [9.17, 15) is 14.0 Å². The molecule has 1 spiro atoms. The molecule has 2 saturated heterocycles. The number of halogens is 1. The predicted molar refractivity (Wildman–Crippen MR) is 171 cm³/mol. The molecule has 12 heteroatoms. The highest BCUT2D eigenvalue weighted by molar-refractivity contribution is 5.97. The third-order valence-electron chi connectivity index (χ3n) is 8.57. The molecule has 11 nitrogen and oxygen atoms in total. The van der Waals surface area contributed by atoms with Crippen molar-refractivity contribution in [1.82, 2.24) is 30.3 Å². The van der Waals surface area contributed by atoms with Crippen LogP contribution in [0.5, 0.6) is 11.6 Å². The first-order valence-electron chi connectivity index (χ1n) is 16.1. The summed E-state index contributed by atoms with van der Waals surface area (Å²) in [6.45, 7) is 20.5. The van der Waals surface area contributed by atoms with E-state index in [4.69, 9.17) is 9.47 Å². The molecule has 2 aliphatic rings. The minimum absolute atomic E-state index is 0.0561. The molecule has 3 heterocycles. The number of amides is 2. The minimum Gasteiger partial charge on any atom is -0.444 e. The van der Waals surface area contributed by atoms with Crippen molar-refractivity contribution in [3.63, 3.8) is 0 Å². The second-order valence-corrected chi connectivity index (χ2v) is 14.0. The molecule has 1 atom stereocenters. The Kier molecular flexibility index (Phi) is 10.9. The Morgan fingerprint density at radius 2 is 1.89 bits per heavy atom. The molecule has 2 aromatic rings. The molecule has 2 fully saturated rings. The van der Waals surface area contributed by atoms with E-state index in [-0.39, 0.29) is 40.7 Å². The van der Waals surface area contributed by atoms with Gasteiger partial charge < -0.3 is 24.6 Å². The van der Waals surface area contributed by atoms with Crippen molar-refractivity contribution in [2.24, 2.45) is 11.3 Å². The average Bonchev–Trinajstić information content (AvgIpc) is 3.38. The van der Waals surface area contributed by atoms with Gasteiger partial charge in [-0.05, 0) is 84.9 Å². The van der Waals surface area contributed by atoms with E-state index in [1.807, 2.05) is 41.5 Å². The number of hydrogen-bond acceptors (Lipinski definition) is 9. The lowest BCUT2D eigenvalue weighted by molar-refractivity contribution is -0.0339. The fourth-order valence-electron chi connectivity index (χ4n) is 6.48. The van der Waals surface area contributed by atoms with Gasteiger partial charge in [0.2, 0.25) is 0 Å². The second-order valence-electron chi connectivity index (χ2n) is 14.0. The zero-order valence-electron chi connectivity index (χ0n) is 28.1. The summed E-state index contributed by atoms with van der Waals surface area (Å²) in [6, 6.07) is 4.30. The molecule has 1 aromatic heterocycles. The number of rotatable bonds is 12. The third-order valence-corrected chi connectivity index (χ3v) is 8.57. The number of likely N-dealkylation sites (tertiary alicyclic amines) is 1. The maximum Gasteiger partial charge on any atom is 0.407 e. The first-order chi connectivity index (χ1) is 21.2. The number of anilines is 1. The number of nitrogens with zero attached hydrogens (tertiary/aromatic N) is 6. The Morgan fingerprint density at radius 1 is 1.16 bits per heavy atom. The van der Waals surface area contributed by atoms with Gasteiger partial charge in [0.25, 0.3) is 11.8 Å². The van der Waals surface area contributed by atoms with Crippen LogP contribution in [0.15, 0.2) is 24.5 Å². The molecule has 45 heavy (non-hydrogen) atoms. The van der Waals surface area contributed by atoms with Gasteiger partial charge in [-0.3, -0.25) is 9.69 Å². The van der Waals surface area contributed by atoms with Crippen LogP contribution in [-0.2, 0) is 4.74 Å². The molecule has 2 aliphatic heterocycles. The van der Waals surface area contributed by atoms with Crippen molar-refractivity contribution in [3.05, 3.63) is 35.9 Å². The summed E-state index contributed by atoms with van der Waals surface area (Å²) in [6.07, 6.45) is 3.91. The number of carbonyl (C=O) groups is 2. The fraction of sp³-hybridized carbons (Fsp3) is 0.667. The molecular weight excluding hydrogens is 577 g/mol. The normalized spacial score (nSPS) is 17.0. The molecule has 0 bridgehead atoms. The maximum atomic E-state index is 14.3. The molecule has 1 N–H and O–H groups in total. The molecule has 248 valence electrons. The van der Waals surface area contributed by atoms with Crippen LogP contribution in [0.3, 0.4) is 0 Å². The van der Waals surface area contributed by atoms with E-state index in [1.165, 1.54) is 24.5 Å². The van der Waals surface area contributed by atoms with Crippen LogP contribution >= 0.6 is 0 Å². The lowest BCUT2D eigenvalue weighted by Gasteiger charge is -2.53. The van der Waals surface area contributed by atoms with Crippen molar-refractivity contribution < 1.29 is 23.5 Å². The van der Waals surface area contributed by atoms with Gasteiger partial charge in [0.1, 0.15) is 23.5 Å². The van der Waals surface area contributed by atoms with Crippen LogP contribution in [0, 0.1) is 17.2 Å². The summed E-state index contributed by atoms with van der Waals surface area (Å²) < 4.78 is 25.8. The van der Waals surface area contributed by atoms with Crippen molar-refractivity contribution in [2.75, 3.05) is 44.2 Å². The molecule has 0 radical (unpaired) electrons. The zero-order valence-corrected chi connectivity index (χ0v) is 28.1. The van der Waals surface area contributed by atoms with E-state index in [2.05, 4.69) is 44.1 Å². The largest absolute Gasteiger partial charge is 0.444 e. The summed E-state index contributed by atoms with van der Waals surface area (Å²) in [5.41, 5.74) is -0.233. The van der Waals surface area contributed by atoms with Gasteiger partial charge in [0, 0.05) is 56.8 Å². The summed E-state index contributed by atoms with van der Waals surface area (Å²) >= 11 is 0. The van der Waals surface area contributed by atoms with Gasteiger partial charge in [-0.25, -0.2) is 14.2 Å². The molecule has 1 aromatic carbocycles. The maximum absolute atomic E-state index is 14.3. The Hall–Kier alpha value is -3.54. The lowest BCUT2D eigenvalue weighted by Crippen LogP contribution is -2.62. The van der Waals surface area contributed by atoms with Crippen molar-refractivity contribution in [1.29, 1.82) is 0 Å². The van der Waals surface area contributed by atoms with Crippen LogP contribution in [0.1, 0.15) is 85.0 Å². The molecule has 4 rings (SSSR count). The van der Waals surface area contributed by atoms with Gasteiger partial charge in [-0.2, -0.15) is 0 Å².